The van der Waals surface area contributed by atoms with Crippen molar-refractivity contribution in [3.05, 3.63) is 62.2 Å². The first-order chi connectivity index (χ1) is 12.9. The van der Waals surface area contributed by atoms with Crippen LogP contribution in [0, 0.1) is 0 Å². The number of fused-ring (bicyclic) bond motifs is 3. The normalized spacial score (nSPS) is 14.5. The fourth-order valence-corrected chi connectivity index (χ4v) is 5.66. The van der Waals surface area contributed by atoms with E-state index in [-0.39, 0.29) is 5.56 Å². The average Bonchev–Trinajstić information content (AvgIpc) is 2.97. The summed E-state index contributed by atoms with van der Waals surface area (Å²) in [6, 6.07) is 7.39. The van der Waals surface area contributed by atoms with E-state index in [1.54, 1.807) is 15.9 Å². The molecule has 0 N–H and O–H groups in total. The first kappa shape index (κ1) is 18.7. The molecule has 140 valence electrons. The van der Waals surface area contributed by atoms with Gasteiger partial charge in [0.1, 0.15) is 4.83 Å². The fraction of sp³-hybridized carbons (Fsp3) is 0.300. The van der Waals surface area contributed by atoms with Crippen LogP contribution in [0.4, 0.5) is 0 Å². The zero-order valence-electron chi connectivity index (χ0n) is 15.3. The number of hydrogen-bond acceptors (Lipinski definition) is 5. The summed E-state index contributed by atoms with van der Waals surface area (Å²) in [7, 11) is 2.11. The minimum absolute atomic E-state index is 0.00599. The summed E-state index contributed by atoms with van der Waals surface area (Å²) >= 11 is 9.38. The Balaban J connectivity index is 1.97. The Labute approximate surface area is 171 Å². The van der Waals surface area contributed by atoms with Crippen molar-refractivity contribution in [2.45, 2.75) is 25.0 Å². The number of hydrogen-bond donors (Lipinski definition) is 0. The molecule has 0 atom stereocenters. The Hall–Kier alpha value is -1.60. The van der Waals surface area contributed by atoms with Crippen molar-refractivity contribution in [1.29, 1.82) is 0 Å². The molecule has 0 radical (unpaired) electrons. The average molecular weight is 418 g/mol. The van der Waals surface area contributed by atoms with E-state index in [9.17, 15) is 4.79 Å². The molecular formula is C20H20ClN3OS2. The Morgan fingerprint density at radius 2 is 2.26 bits per heavy atom. The lowest BCUT2D eigenvalue weighted by Crippen LogP contribution is -2.27. The zero-order valence-corrected chi connectivity index (χ0v) is 17.7. The van der Waals surface area contributed by atoms with Gasteiger partial charge in [-0.1, -0.05) is 41.6 Å². The second-order valence-corrected chi connectivity index (χ2v) is 9.39. The molecule has 27 heavy (non-hydrogen) atoms. The predicted octanol–water partition coefficient (Wildman–Crippen LogP) is 4.76. The molecule has 0 bridgehead atoms. The summed E-state index contributed by atoms with van der Waals surface area (Å²) in [5.41, 5.74) is 2.95. The standard InChI is InChI=1S/C20H20ClN3OS2/c1-12(2)11-26-20-22-18-17(15-7-8-23(3)10-16(15)27-18)19(25)24(20)14-6-4-5-13(21)9-14/h4-6,9H,1,7-8,10-11H2,2-3H3. The molecule has 4 rings (SSSR count). The molecule has 3 aromatic rings. The summed E-state index contributed by atoms with van der Waals surface area (Å²) in [6.07, 6.45) is 0.885. The third kappa shape index (κ3) is 3.59. The van der Waals surface area contributed by atoms with E-state index in [0.29, 0.717) is 15.9 Å². The number of nitrogens with zero attached hydrogens (tertiary/aromatic N) is 3. The smallest absolute Gasteiger partial charge is 0.267 e. The van der Waals surface area contributed by atoms with Gasteiger partial charge >= 0.3 is 0 Å². The van der Waals surface area contributed by atoms with Crippen molar-refractivity contribution in [2.75, 3.05) is 19.3 Å². The van der Waals surface area contributed by atoms with Gasteiger partial charge in [0.25, 0.3) is 5.56 Å². The molecule has 4 nitrogen and oxygen atoms in total. The van der Waals surface area contributed by atoms with Crippen molar-refractivity contribution in [3.8, 4) is 5.69 Å². The highest BCUT2D eigenvalue weighted by molar-refractivity contribution is 7.99. The van der Waals surface area contributed by atoms with Gasteiger partial charge in [-0.15, -0.1) is 11.3 Å². The summed E-state index contributed by atoms with van der Waals surface area (Å²) in [5, 5.41) is 2.05. The summed E-state index contributed by atoms with van der Waals surface area (Å²) in [5.74, 6) is 0.715. The lowest BCUT2D eigenvalue weighted by atomic mass is 10.1. The van der Waals surface area contributed by atoms with Gasteiger partial charge in [-0.2, -0.15) is 0 Å². The van der Waals surface area contributed by atoms with E-state index < -0.39 is 0 Å². The molecule has 0 amide bonds. The van der Waals surface area contributed by atoms with Gasteiger partial charge in [-0.25, -0.2) is 4.98 Å². The van der Waals surface area contributed by atoms with Crippen molar-refractivity contribution >= 4 is 44.9 Å². The Morgan fingerprint density at radius 3 is 3.00 bits per heavy atom. The van der Waals surface area contributed by atoms with Crippen LogP contribution in [-0.2, 0) is 13.0 Å². The second kappa shape index (κ2) is 7.43. The number of thiophene rings is 1. The molecule has 1 aromatic carbocycles. The van der Waals surface area contributed by atoms with Gasteiger partial charge < -0.3 is 4.90 Å². The van der Waals surface area contributed by atoms with E-state index in [2.05, 4.69) is 18.5 Å². The predicted molar refractivity (Wildman–Crippen MR) is 116 cm³/mol. The van der Waals surface area contributed by atoms with E-state index >= 15 is 0 Å². The summed E-state index contributed by atoms with van der Waals surface area (Å²) in [4.78, 5) is 22.8. The van der Waals surface area contributed by atoms with Crippen LogP contribution in [0.15, 0.2) is 46.4 Å². The number of rotatable bonds is 4. The van der Waals surface area contributed by atoms with Crippen LogP contribution >= 0.6 is 34.7 Å². The molecular weight excluding hydrogens is 398 g/mol. The highest BCUT2D eigenvalue weighted by Crippen LogP contribution is 2.34. The molecule has 0 fully saturated rings. The number of aromatic nitrogens is 2. The van der Waals surface area contributed by atoms with Crippen LogP contribution in [0.3, 0.4) is 0 Å². The number of benzene rings is 1. The van der Waals surface area contributed by atoms with Crippen molar-refractivity contribution < 1.29 is 0 Å². The molecule has 0 saturated heterocycles. The molecule has 0 unspecified atom stereocenters. The van der Waals surface area contributed by atoms with Gasteiger partial charge in [0, 0.05) is 28.7 Å². The maximum atomic E-state index is 13.6. The van der Waals surface area contributed by atoms with E-state index in [1.165, 1.54) is 16.6 Å². The Morgan fingerprint density at radius 1 is 1.44 bits per heavy atom. The number of thioether (sulfide) groups is 1. The van der Waals surface area contributed by atoms with Crippen LogP contribution in [0.25, 0.3) is 15.9 Å². The fourth-order valence-electron chi connectivity index (χ4n) is 3.28. The lowest BCUT2D eigenvalue weighted by molar-refractivity contribution is 0.318. The van der Waals surface area contributed by atoms with Crippen LogP contribution in [0.5, 0.6) is 0 Å². The summed E-state index contributed by atoms with van der Waals surface area (Å²) < 4.78 is 1.70. The molecule has 0 saturated carbocycles. The molecule has 0 spiro atoms. The van der Waals surface area contributed by atoms with Gasteiger partial charge in [-0.05, 0) is 44.2 Å². The maximum Gasteiger partial charge on any atom is 0.267 e. The SMILES string of the molecule is C=C(C)CSc1nc2sc3c(c2c(=O)n1-c1cccc(Cl)c1)CCN(C)C3. The first-order valence-electron chi connectivity index (χ1n) is 8.73. The number of likely N-dealkylation sites (N-methyl/N-ethyl adjacent to an activating group) is 1. The van der Waals surface area contributed by atoms with Crippen molar-refractivity contribution in [1.82, 2.24) is 14.5 Å². The Kier molecular flexibility index (Phi) is 5.16. The van der Waals surface area contributed by atoms with Gasteiger partial charge in [0.2, 0.25) is 0 Å². The minimum Gasteiger partial charge on any atom is -0.301 e. The molecule has 3 heterocycles. The zero-order chi connectivity index (χ0) is 19.1. The lowest BCUT2D eigenvalue weighted by Gasteiger charge is -2.21. The van der Waals surface area contributed by atoms with E-state index in [4.69, 9.17) is 16.6 Å². The van der Waals surface area contributed by atoms with Crippen LogP contribution < -0.4 is 5.56 Å². The molecule has 0 aliphatic carbocycles. The van der Waals surface area contributed by atoms with E-state index in [1.807, 2.05) is 31.2 Å². The van der Waals surface area contributed by atoms with Crippen molar-refractivity contribution in [3.63, 3.8) is 0 Å². The van der Waals surface area contributed by atoms with Crippen molar-refractivity contribution in [2.24, 2.45) is 0 Å². The quantitative estimate of drug-likeness (QED) is 0.348. The van der Waals surface area contributed by atoms with E-state index in [0.717, 1.165) is 46.6 Å². The molecule has 1 aliphatic heterocycles. The van der Waals surface area contributed by atoms with Gasteiger partial charge in [0.05, 0.1) is 11.1 Å². The monoisotopic (exact) mass is 417 g/mol. The summed E-state index contributed by atoms with van der Waals surface area (Å²) in [6.45, 7) is 7.79. The maximum absolute atomic E-state index is 13.6. The second-order valence-electron chi connectivity index (χ2n) is 6.93. The minimum atomic E-state index is -0.00599. The first-order valence-corrected chi connectivity index (χ1v) is 10.9. The van der Waals surface area contributed by atoms with Crippen LogP contribution in [0.1, 0.15) is 17.4 Å². The van der Waals surface area contributed by atoms with Crippen LogP contribution in [0.2, 0.25) is 5.02 Å². The van der Waals surface area contributed by atoms with Crippen LogP contribution in [-0.4, -0.2) is 33.8 Å². The van der Waals surface area contributed by atoms with Gasteiger partial charge in [0.15, 0.2) is 5.16 Å². The molecule has 2 aromatic heterocycles. The van der Waals surface area contributed by atoms with Gasteiger partial charge in [-0.3, -0.25) is 9.36 Å². The largest absolute Gasteiger partial charge is 0.301 e. The third-order valence-corrected chi connectivity index (χ3v) is 7.06. The molecule has 1 aliphatic rings. The highest BCUT2D eigenvalue weighted by atomic mass is 35.5. The topological polar surface area (TPSA) is 38.1 Å². The Bertz CT molecular complexity index is 1100. The highest BCUT2D eigenvalue weighted by Gasteiger charge is 2.24. The third-order valence-electron chi connectivity index (χ3n) is 4.55. The number of halogens is 1. The molecule has 7 heteroatoms.